The van der Waals surface area contributed by atoms with Crippen LogP contribution in [0.3, 0.4) is 0 Å². The molecule has 1 aliphatic rings. The number of hydrogen-bond donors (Lipinski definition) is 1. The highest BCUT2D eigenvalue weighted by molar-refractivity contribution is 5.76. The first-order chi connectivity index (χ1) is 12.2. The molecule has 1 aliphatic heterocycles. The van der Waals surface area contributed by atoms with Crippen LogP contribution >= 0.6 is 0 Å². The van der Waals surface area contributed by atoms with E-state index in [1.165, 1.54) is 0 Å². The maximum atomic E-state index is 12.2. The fourth-order valence-corrected chi connectivity index (χ4v) is 3.05. The molecule has 0 spiro atoms. The molecular formula is C19H26N4O3. The summed E-state index contributed by atoms with van der Waals surface area (Å²) in [6.07, 6.45) is -0.245. The predicted octanol–water partition coefficient (Wildman–Crippen LogP) is 3.29. The second-order valence-corrected chi connectivity index (χ2v) is 7.51. The van der Waals surface area contributed by atoms with Crippen molar-refractivity contribution in [1.29, 1.82) is 0 Å². The van der Waals surface area contributed by atoms with Gasteiger partial charge in [-0.25, -0.2) is 4.79 Å². The highest BCUT2D eigenvalue weighted by Crippen LogP contribution is 2.30. The molecule has 1 aromatic heterocycles. The zero-order valence-corrected chi connectivity index (χ0v) is 15.8. The van der Waals surface area contributed by atoms with Crippen LogP contribution in [-0.4, -0.2) is 47.9 Å². The topological polar surface area (TPSA) is 84.8 Å². The molecule has 3 rings (SSSR count). The third-order valence-corrected chi connectivity index (χ3v) is 4.34. The van der Waals surface area contributed by atoms with Crippen molar-refractivity contribution in [1.82, 2.24) is 10.1 Å². The van der Waals surface area contributed by atoms with E-state index in [0.29, 0.717) is 19.0 Å². The number of hydrogen-bond acceptors (Lipinski definition) is 6. The highest BCUT2D eigenvalue weighted by Gasteiger charge is 2.26. The van der Waals surface area contributed by atoms with Crippen LogP contribution in [0.1, 0.15) is 26.5 Å². The van der Waals surface area contributed by atoms with Crippen molar-refractivity contribution < 1.29 is 14.1 Å². The van der Waals surface area contributed by atoms with Crippen molar-refractivity contribution in [3.63, 3.8) is 0 Å². The van der Waals surface area contributed by atoms with Crippen LogP contribution in [-0.2, 0) is 4.74 Å². The SMILES string of the molecule is Cc1noc(N)c1-c1ccc(N2CCN(C(=O)OC(C)(C)C)CC2)cc1. The second kappa shape index (κ2) is 6.90. The molecule has 0 atom stereocenters. The minimum atomic E-state index is -0.466. The molecule has 2 N–H and O–H groups in total. The Labute approximate surface area is 153 Å². The van der Waals surface area contributed by atoms with Gasteiger partial charge in [0.2, 0.25) is 5.88 Å². The predicted molar refractivity (Wildman–Crippen MR) is 101 cm³/mol. The fourth-order valence-electron chi connectivity index (χ4n) is 3.05. The van der Waals surface area contributed by atoms with Crippen LogP contribution in [0.4, 0.5) is 16.4 Å². The van der Waals surface area contributed by atoms with Gasteiger partial charge in [-0.3, -0.25) is 0 Å². The number of aromatic nitrogens is 1. The van der Waals surface area contributed by atoms with Gasteiger partial charge in [0.25, 0.3) is 0 Å². The first-order valence-corrected chi connectivity index (χ1v) is 8.79. The van der Waals surface area contributed by atoms with Crippen LogP contribution in [0, 0.1) is 6.92 Å². The summed E-state index contributed by atoms with van der Waals surface area (Å²) in [5, 5.41) is 3.90. The largest absolute Gasteiger partial charge is 0.444 e. The maximum absolute atomic E-state index is 12.2. The molecule has 0 saturated carbocycles. The zero-order chi connectivity index (χ0) is 18.9. The molecule has 26 heavy (non-hydrogen) atoms. The number of aryl methyl sites for hydroxylation is 1. The van der Waals surface area contributed by atoms with Gasteiger partial charge >= 0.3 is 6.09 Å². The molecule has 140 valence electrons. The lowest BCUT2D eigenvalue weighted by atomic mass is 10.1. The first-order valence-electron chi connectivity index (χ1n) is 8.79. The van der Waals surface area contributed by atoms with Gasteiger partial charge in [0.15, 0.2) is 0 Å². The van der Waals surface area contributed by atoms with Crippen LogP contribution in [0.25, 0.3) is 11.1 Å². The molecule has 2 aromatic rings. The number of amides is 1. The standard InChI is InChI=1S/C19H26N4O3/c1-13-16(17(20)26-21-13)14-5-7-15(8-6-14)22-9-11-23(12-10-22)18(24)25-19(2,3)4/h5-8H,9-12,20H2,1-4H3. The van der Waals surface area contributed by atoms with Crippen molar-refractivity contribution in [2.45, 2.75) is 33.3 Å². The van der Waals surface area contributed by atoms with Gasteiger partial charge in [-0.05, 0) is 45.4 Å². The summed E-state index contributed by atoms with van der Waals surface area (Å²) in [6.45, 7) is 10.4. The first kappa shape index (κ1) is 18.1. The quantitative estimate of drug-likeness (QED) is 0.887. The van der Waals surface area contributed by atoms with Crippen molar-refractivity contribution in [3.05, 3.63) is 30.0 Å². The molecule has 0 unspecified atom stereocenters. The summed E-state index contributed by atoms with van der Waals surface area (Å²) in [5.74, 6) is 0.334. The summed E-state index contributed by atoms with van der Waals surface area (Å²) >= 11 is 0. The van der Waals surface area contributed by atoms with Gasteiger partial charge in [-0.15, -0.1) is 0 Å². The third-order valence-electron chi connectivity index (χ3n) is 4.34. The molecule has 7 nitrogen and oxygen atoms in total. The number of ether oxygens (including phenoxy) is 1. The molecule has 0 aliphatic carbocycles. The van der Waals surface area contributed by atoms with E-state index in [4.69, 9.17) is 15.0 Å². The number of carbonyl (C=O) groups excluding carboxylic acids is 1. The van der Waals surface area contributed by atoms with E-state index in [1.807, 2.05) is 39.8 Å². The molecule has 7 heteroatoms. The second-order valence-electron chi connectivity index (χ2n) is 7.51. The number of anilines is 2. The van der Waals surface area contributed by atoms with E-state index >= 15 is 0 Å². The van der Waals surface area contributed by atoms with Crippen LogP contribution in [0.2, 0.25) is 0 Å². The lowest BCUT2D eigenvalue weighted by Gasteiger charge is -2.36. The molecule has 0 bridgehead atoms. The van der Waals surface area contributed by atoms with E-state index in [2.05, 4.69) is 22.2 Å². The Kier molecular flexibility index (Phi) is 4.80. The fraction of sp³-hybridized carbons (Fsp3) is 0.474. The minimum absolute atomic E-state index is 0.245. The summed E-state index contributed by atoms with van der Waals surface area (Å²) < 4.78 is 10.5. The Morgan fingerprint density at radius 3 is 2.27 bits per heavy atom. The van der Waals surface area contributed by atoms with Crippen molar-refractivity contribution in [2.75, 3.05) is 36.8 Å². The lowest BCUT2D eigenvalue weighted by Crippen LogP contribution is -2.50. The molecule has 1 fully saturated rings. The van der Waals surface area contributed by atoms with Crippen LogP contribution in [0.5, 0.6) is 0 Å². The molecule has 1 amide bonds. The number of carbonyl (C=O) groups is 1. The average Bonchev–Trinajstić information content (AvgIpc) is 2.92. The van der Waals surface area contributed by atoms with E-state index in [-0.39, 0.29) is 6.09 Å². The van der Waals surface area contributed by atoms with Gasteiger partial charge in [-0.1, -0.05) is 17.3 Å². The number of nitrogens with two attached hydrogens (primary N) is 1. The Bertz CT molecular complexity index is 750. The van der Waals surface area contributed by atoms with Crippen molar-refractivity contribution in [2.24, 2.45) is 0 Å². The number of piperazine rings is 1. The third kappa shape index (κ3) is 3.92. The van der Waals surface area contributed by atoms with Crippen LogP contribution in [0.15, 0.2) is 28.8 Å². The summed E-state index contributed by atoms with van der Waals surface area (Å²) in [7, 11) is 0. The molecule has 2 heterocycles. The monoisotopic (exact) mass is 358 g/mol. The van der Waals surface area contributed by atoms with Gasteiger partial charge in [0, 0.05) is 31.9 Å². The number of rotatable bonds is 2. The normalized spacial score (nSPS) is 15.2. The maximum Gasteiger partial charge on any atom is 0.410 e. The Hall–Kier alpha value is -2.70. The highest BCUT2D eigenvalue weighted by atomic mass is 16.6. The Morgan fingerprint density at radius 2 is 1.77 bits per heavy atom. The summed E-state index contributed by atoms with van der Waals surface area (Å²) in [5.41, 5.74) is 9.10. The van der Waals surface area contributed by atoms with E-state index < -0.39 is 5.60 Å². The number of benzene rings is 1. The minimum Gasteiger partial charge on any atom is -0.444 e. The van der Waals surface area contributed by atoms with Gasteiger partial charge in [-0.2, -0.15) is 0 Å². The smallest absolute Gasteiger partial charge is 0.410 e. The molecular weight excluding hydrogens is 332 g/mol. The lowest BCUT2D eigenvalue weighted by molar-refractivity contribution is 0.0240. The zero-order valence-electron chi connectivity index (χ0n) is 15.8. The number of nitrogens with zero attached hydrogens (tertiary/aromatic N) is 3. The van der Waals surface area contributed by atoms with Crippen LogP contribution < -0.4 is 10.6 Å². The number of nitrogen functional groups attached to an aromatic ring is 1. The van der Waals surface area contributed by atoms with Crippen molar-refractivity contribution in [3.8, 4) is 11.1 Å². The summed E-state index contributed by atoms with van der Waals surface area (Å²) in [4.78, 5) is 16.2. The van der Waals surface area contributed by atoms with E-state index in [0.717, 1.165) is 35.6 Å². The average molecular weight is 358 g/mol. The van der Waals surface area contributed by atoms with Gasteiger partial charge < -0.3 is 24.8 Å². The Balaban J connectivity index is 1.63. The molecule has 1 aromatic carbocycles. The molecule has 0 radical (unpaired) electrons. The van der Waals surface area contributed by atoms with E-state index in [1.54, 1.807) is 4.90 Å². The summed E-state index contributed by atoms with van der Waals surface area (Å²) in [6, 6.07) is 8.16. The molecule has 1 saturated heterocycles. The van der Waals surface area contributed by atoms with E-state index in [9.17, 15) is 4.79 Å². The van der Waals surface area contributed by atoms with Gasteiger partial charge in [0.1, 0.15) is 5.60 Å². The van der Waals surface area contributed by atoms with Gasteiger partial charge in [0.05, 0.1) is 11.3 Å². The van der Waals surface area contributed by atoms with Crippen molar-refractivity contribution >= 4 is 17.7 Å². The Morgan fingerprint density at radius 1 is 1.15 bits per heavy atom.